The molecule has 0 bridgehead atoms. The molecule has 1 aliphatic heterocycles. The van der Waals surface area contributed by atoms with Crippen molar-refractivity contribution in [1.29, 1.82) is 0 Å². The summed E-state index contributed by atoms with van der Waals surface area (Å²) in [6.45, 7) is -1.62. The average molecular weight is 661 g/mol. The maximum atomic E-state index is 14.2. The molecule has 0 aliphatic carbocycles. The van der Waals surface area contributed by atoms with E-state index < -0.39 is 44.7 Å². The molecule has 1 heterocycles. The van der Waals surface area contributed by atoms with Gasteiger partial charge < -0.3 is 5.32 Å². The minimum Gasteiger partial charge on any atom is -0.346 e. The first-order valence-electron chi connectivity index (χ1n) is 14.8. The average Bonchev–Trinajstić information content (AvgIpc) is 3.51. The number of sulfonamides is 1. The largest absolute Gasteiger partial charge is 0.405 e. The number of fused-ring (bicyclic) bond motifs is 1. The first-order valence-corrected chi connectivity index (χ1v) is 17.1. The Bertz CT molecular complexity index is 1830. The molecule has 0 saturated carbocycles. The molecule has 0 spiro atoms. The van der Waals surface area contributed by atoms with Gasteiger partial charge in [0.05, 0.1) is 9.64 Å². The molecule has 5 nitrogen and oxygen atoms in total. The summed E-state index contributed by atoms with van der Waals surface area (Å²) in [5.41, 5.74) is 2.85. The monoisotopic (exact) mass is 660 g/mol. The van der Waals surface area contributed by atoms with Gasteiger partial charge in [-0.25, -0.2) is 8.42 Å². The van der Waals surface area contributed by atoms with Crippen molar-refractivity contribution in [2.45, 2.75) is 33.5 Å². The first kappa shape index (κ1) is 31.8. The molecule has 0 aromatic heterocycles. The lowest BCUT2D eigenvalue weighted by Crippen LogP contribution is -2.47. The van der Waals surface area contributed by atoms with Crippen LogP contribution in [0.1, 0.15) is 23.1 Å². The summed E-state index contributed by atoms with van der Waals surface area (Å²) >= 11 is 1.51. The van der Waals surface area contributed by atoms with Gasteiger partial charge in [-0.3, -0.25) is 4.79 Å². The van der Waals surface area contributed by atoms with E-state index in [-0.39, 0.29) is 17.9 Å². The third-order valence-electron chi connectivity index (χ3n) is 8.19. The zero-order valence-electron chi connectivity index (χ0n) is 24.6. The van der Waals surface area contributed by atoms with Gasteiger partial charge in [-0.2, -0.15) is 17.5 Å². The molecule has 236 valence electrons. The number of benzene rings is 5. The second-order valence-corrected chi connectivity index (χ2v) is 14.6. The Hall–Kier alpha value is -4.12. The van der Waals surface area contributed by atoms with E-state index in [0.717, 1.165) is 26.4 Å². The Morgan fingerprint density at radius 2 is 1.24 bits per heavy atom. The van der Waals surface area contributed by atoms with Gasteiger partial charge in [-0.1, -0.05) is 121 Å². The standard InChI is InChI=1S/C36H31F3N2O3S2/c37-35(38,39)25-40-34(42)33-23-31(24-41(33)46(43,44)32-21-20-26-12-10-11-13-27(26)22-32)45-36(28-14-4-1-5-15-28,29-16-6-2-7-17-29)30-18-8-3-9-19-30/h1-22,31,33H,23-25H2,(H,40,42)/t31-,33+/m1/s1. The Morgan fingerprint density at radius 1 is 0.739 bits per heavy atom. The number of hydrogen-bond donors (Lipinski definition) is 1. The predicted molar refractivity (Wildman–Crippen MR) is 176 cm³/mol. The van der Waals surface area contributed by atoms with Crippen LogP contribution in [0.25, 0.3) is 10.8 Å². The van der Waals surface area contributed by atoms with Crippen molar-refractivity contribution in [3.63, 3.8) is 0 Å². The lowest BCUT2D eigenvalue weighted by Gasteiger charge is -2.37. The number of amides is 1. The molecule has 0 unspecified atom stereocenters. The van der Waals surface area contributed by atoms with E-state index in [1.807, 2.05) is 108 Å². The summed E-state index contributed by atoms with van der Waals surface area (Å²) in [5, 5.41) is 3.03. The highest BCUT2D eigenvalue weighted by Gasteiger charge is 2.48. The van der Waals surface area contributed by atoms with Crippen LogP contribution in [-0.4, -0.2) is 49.2 Å². The van der Waals surface area contributed by atoms with Gasteiger partial charge in [0.1, 0.15) is 12.6 Å². The smallest absolute Gasteiger partial charge is 0.346 e. The van der Waals surface area contributed by atoms with E-state index in [2.05, 4.69) is 0 Å². The highest BCUT2D eigenvalue weighted by molar-refractivity contribution is 8.01. The van der Waals surface area contributed by atoms with Gasteiger partial charge in [0, 0.05) is 11.8 Å². The van der Waals surface area contributed by atoms with Gasteiger partial charge in [-0.15, -0.1) is 11.8 Å². The number of rotatable bonds is 9. The number of hydrogen-bond acceptors (Lipinski definition) is 4. The van der Waals surface area contributed by atoms with E-state index in [1.165, 1.54) is 23.9 Å². The Labute approximate surface area is 270 Å². The van der Waals surface area contributed by atoms with Crippen molar-refractivity contribution in [3.05, 3.63) is 150 Å². The first-order chi connectivity index (χ1) is 22.1. The van der Waals surface area contributed by atoms with Crippen molar-refractivity contribution in [1.82, 2.24) is 9.62 Å². The van der Waals surface area contributed by atoms with Gasteiger partial charge in [-0.05, 0) is 46.0 Å². The fraction of sp³-hybridized carbons (Fsp3) is 0.194. The summed E-state index contributed by atoms with van der Waals surface area (Å²) in [6.07, 6.45) is -4.62. The molecule has 1 fully saturated rings. The predicted octanol–water partition coefficient (Wildman–Crippen LogP) is 7.38. The SMILES string of the molecule is O=C(NCC(F)(F)F)[C@@H]1C[C@@H](SC(c2ccccc2)(c2ccccc2)c2ccccc2)CN1S(=O)(=O)c1ccc2ccccc2c1. The molecule has 46 heavy (non-hydrogen) atoms. The highest BCUT2D eigenvalue weighted by atomic mass is 32.2. The lowest BCUT2D eigenvalue weighted by atomic mass is 9.84. The maximum absolute atomic E-state index is 14.2. The maximum Gasteiger partial charge on any atom is 0.405 e. The minimum absolute atomic E-state index is 0.0223. The third kappa shape index (κ3) is 6.42. The molecule has 10 heteroatoms. The summed E-state index contributed by atoms with van der Waals surface area (Å²) < 4.78 is 68.2. The van der Waals surface area contributed by atoms with Gasteiger partial charge >= 0.3 is 6.18 Å². The molecular formula is C36H31F3N2O3S2. The van der Waals surface area contributed by atoms with E-state index in [0.29, 0.717) is 5.39 Å². The second-order valence-electron chi connectivity index (χ2n) is 11.2. The summed E-state index contributed by atoms with van der Waals surface area (Å²) in [4.78, 5) is 13.4. The van der Waals surface area contributed by atoms with Crippen LogP contribution in [0.3, 0.4) is 0 Å². The Kier molecular flexibility index (Phi) is 8.96. The van der Waals surface area contributed by atoms with Crippen LogP contribution in [0.4, 0.5) is 13.2 Å². The molecule has 6 rings (SSSR count). The van der Waals surface area contributed by atoms with E-state index in [9.17, 15) is 26.4 Å². The van der Waals surface area contributed by atoms with Crippen LogP contribution >= 0.6 is 11.8 Å². The Morgan fingerprint density at radius 3 is 1.76 bits per heavy atom. The minimum atomic E-state index is -4.65. The molecule has 1 N–H and O–H groups in total. The van der Waals surface area contributed by atoms with Gasteiger partial charge in [0.25, 0.3) is 0 Å². The molecule has 0 radical (unpaired) electrons. The number of nitrogens with one attached hydrogen (secondary N) is 1. The zero-order chi connectivity index (χ0) is 32.4. The number of halogens is 3. The third-order valence-corrected chi connectivity index (χ3v) is 11.8. The summed E-state index contributed by atoms with van der Waals surface area (Å²) in [6, 6.07) is 40.1. The van der Waals surface area contributed by atoms with Crippen molar-refractivity contribution >= 4 is 38.5 Å². The van der Waals surface area contributed by atoms with Gasteiger partial charge in [0.2, 0.25) is 15.9 Å². The molecule has 5 aromatic rings. The van der Waals surface area contributed by atoms with Crippen molar-refractivity contribution < 1.29 is 26.4 Å². The lowest BCUT2D eigenvalue weighted by molar-refractivity contribution is -0.140. The van der Waals surface area contributed by atoms with Crippen LogP contribution in [0.5, 0.6) is 0 Å². The van der Waals surface area contributed by atoms with Crippen molar-refractivity contribution in [2.24, 2.45) is 0 Å². The number of carbonyl (C=O) groups excluding carboxylic acids is 1. The van der Waals surface area contributed by atoms with Crippen LogP contribution in [0.2, 0.25) is 0 Å². The van der Waals surface area contributed by atoms with Crippen LogP contribution < -0.4 is 5.32 Å². The van der Waals surface area contributed by atoms with Crippen LogP contribution in [-0.2, 0) is 19.6 Å². The molecule has 1 aliphatic rings. The molecule has 2 atom stereocenters. The fourth-order valence-corrected chi connectivity index (χ4v) is 9.70. The fourth-order valence-electron chi connectivity index (χ4n) is 6.10. The molecular weight excluding hydrogens is 630 g/mol. The van der Waals surface area contributed by atoms with Crippen molar-refractivity contribution in [3.8, 4) is 0 Å². The number of alkyl halides is 3. The van der Waals surface area contributed by atoms with Crippen LogP contribution in [0.15, 0.2) is 138 Å². The number of nitrogens with zero attached hydrogens (tertiary/aromatic N) is 1. The summed E-state index contributed by atoms with van der Waals surface area (Å²) in [7, 11) is -4.28. The van der Waals surface area contributed by atoms with Crippen molar-refractivity contribution in [2.75, 3.05) is 13.1 Å². The zero-order valence-corrected chi connectivity index (χ0v) is 26.2. The summed E-state index contributed by atoms with van der Waals surface area (Å²) in [5.74, 6) is -0.977. The number of carbonyl (C=O) groups is 1. The molecule has 1 saturated heterocycles. The Balaban J connectivity index is 1.44. The van der Waals surface area contributed by atoms with E-state index in [4.69, 9.17) is 0 Å². The van der Waals surface area contributed by atoms with E-state index in [1.54, 1.807) is 18.2 Å². The normalized spacial score (nSPS) is 17.6. The quantitative estimate of drug-likeness (QED) is 0.168. The van der Waals surface area contributed by atoms with Crippen LogP contribution in [0, 0.1) is 0 Å². The topological polar surface area (TPSA) is 66.5 Å². The highest BCUT2D eigenvalue weighted by Crippen LogP contribution is 2.52. The molecule has 1 amide bonds. The van der Waals surface area contributed by atoms with E-state index >= 15 is 0 Å². The number of thioether (sulfide) groups is 1. The van der Waals surface area contributed by atoms with Gasteiger partial charge in [0.15, 0.2) is 0 Å². The molecule has 5 aromatic carbocycles. The second kappa shape index (κ2) is 12.9.